The van der Waals surface area contributed by atoms with Crippen molar-refractivity contribution in [1.29, 1.82) is 0 Å². The molecular weight excluding hydrogens is 322 g/mol. The van der Waals surface area contributed by atoms with E-state index in [0.717, 1.165) is 19.5 Å². The number of nitrogens with zero attached hydrogens (tertiary/aromatic N) is 2. The number of terminal acetylenes is 1. The van der Waals surface area contributed by atoms with E-state index in [9.17, 15) is 8.42 Å². The Morgan fingerprint density at radius 1 is 0.792 bits per heavy atom. The van der Waals surface area contributed by atoms with Crippen LogP contribution in [-0.2, 0) is 10.0 Å². The Labute approximate surface area is 152 Å². The smallest absolute Gasteiger partial charge is 0.211 e. The van der Waals surface area contributed by atoms with E-state index in [1.807, 2.05) is 34.7 Å². The Balaban J connectivity index is -0.000000309. The molecule has 2 fully saturated rings. The van der Waals surface area contributed by atoms with E-state index in [1.54, 1.807) is 4.31 Å². The van der Waals surface area contributed by atoms with Crippen LogP contribution in [0.2, 0.25) is 0 Å². The molecule has 0 spiro atoms. The van der Waals surface area contributed by atoms with Gasteiger partial charge in [0.2, 0.25) is 10.0 Å². The maximum atomic E-state index is 11.2. The molecule has 0 unspecified atom stereocenters. The standard InChI is InChI=1S/C7H16N2O2S.C5H11N.2C2H6.C2H2/c1-8-4-3-5-9(7-6-8)12(2,10)11;1-2-4-6-5-3-1;3*1-2/h3-7H2,1-2H3;6H,1-5H2;2*1-2H3;1-2H. The van der Waals surface area contributed by atoms with Crippen LogP contribution in [0.15, 0.2) is 0 Å². The van der Waals surface area contributed by atoms with Gasteiger partial charge in [-0.05, 0) is 45.9 Å². The molecule has 0 amide bonds. The average Bonchev–Trinajstić information content (AvgIpc) is 2.87. The maximum absolute atomic E-state index is 11.2. The first-order valence-corrected chi connectivity index (χ1v) is 11.0. The molecule has 2 aliphatic heterocycles. The number of likely N-dealkylation sites (N-methyl/N-ethyl adjacent to an activating group) is 1. The summed E-state index contributed by atoms with van der Waals surface area (Å²) < 4.78 is 23.9. The van der Waals surface area contributed by atoms with E-state index in [1.165, 1.54) is 38.6 Å². The summed E-state index contributed by atoms with van der Waals surface area (Å²) in [5.41, 5.74) is 0. The summed E-state index contributed by atoms with van der Waals surface area (Å²) in [6, 6.07) is 0. The van der Waals surface area contributed by atoms with E-state index in [0.29, 0.717) is 13.1 Å². The minimum atomic E-state index is -2.97. The van der Waals surface area contributed by atoms with Crippen molar-refractivity contribution in [1.82, 2.24) is 14.5 Å². The summed E-state index contributed by atoms with van der Waals surface area (Å²) in [6.45, 7) is 13.6. The Hall–Kier alpha value is -0.610. The highest BCUT2D eigenvalue weighted by Gasteiger charge is 2.19. The third kappa shape index (κ3) is 17.7. The lowest BCUT2D eigenvalue weighted by Gasteiger charge is -2.16. The highest BCUT2D eigenvalue weighted by atomic mass is 32.2. The fourth-order valence-electron chi connectivity index (χ4n) is 2.16. The van der Waals surface area contributed by atoms with E-state index < -0.39 is 10.0 Å². The molecule has 2 rings (SSSR count). The number of hydrogen-bond donors (Lipinski definition) is 1. The summed E-state index contributed by atoms with van der Waals surface area (Å²) in [5, 5.41) is 3.28. The molecule has 0 bridgehead atoms. The van der Waals surface area contributed by atoms with E-state index in [-0.39, 0.29) is 0 Å². The van der Waals surface area contributed by atoms with Crippen LogP contribution in [0.5, 0.6) is 0 Å². The molecule has 2 saturated heterocycles. The second kappa shape index (κ2) is 20.4. The normalized spacial score (nSPS) is 18.5. The van der Waals surface area contributed by atoms with Crippen LogP contribution < -0.4 is 5.32 Å². The van der Waals surface area contributed by atoms with Crippen molar-refractivity contribution >= 4 is 10.0 Å². The zero-order chi connectivity index (χ0) is 19.4. The maximum Gasteiger partial charge on any atom is 0.211 e. The highest BCUT2D eigenvalue weighted by molar-refractivity contribution is 7.88. The van der Waals surface area contributed by atoms with Crippen LogP contribution >= 0.6 is 0 Å². The first-order valence-electron chi connectivity index (χ1n) is 9.18. The fraction of sp³-hybridized carbons (Fsp3) is 0.889. The van der Waals surface area contributed by atoms with Crippen molar-refractivity contribution in [3.8, 4) is 12.8 Å². The summed E-state index contributed by atoms with van der Waals surface area (Å²) in [7, 11) is -0.946. The number of hydrogen-bond acceptors (Lipinski definition) is 4. The van der Waals surface area contributed by atoms with Gasteiger partial charge in [-0.25, -0.2) is 12.7 Å². The van der Waals surface area contributed by atoms with E-state index in [4.69, 9.17) is 0 Å². The molecule has 2 heterocycles. The number of nitrogens with one attached hydrogen (secondary N) is 1. The average molecular weight is 364 g/mol. The SMILES string of the molecule is C#C.C1CCNCC1.CC.CC.CN1CCCN(S(C)(=O)=O)CC1. The van der Waals surface area contributed by atoms with Gasteiger partial charge >= 0.3 is 0 Å². The molecule has 0 atom stereocenters. The number of sulfonamides is 1. The molecule has 0 aromatic heterocycles. The largest absolute Gasteiger partial charge is 0.317 e. The predicted octanol–water partition coefficient (Wildman–Crippen LogP) is 2.65. The summed E-state index contributed by atoms with van der Waals surface area (Å²) in [5.74, 6) is 0. The van der Waals surface area contributed by atoms with Crippen LogP contribution in [0.4, 0.5) is 0 Å². The molecule has 0 aromatic rings. The number of piperidine rings is 1. The quantitative estimate of drug-likeness (QED) is 0.728. The van der Waals surface area contributed by atoms with Gasteiger partial charge in [-0.3, -0.25) is 0 Å². The van der Waals surface area contributed by atoms with Crippen LogP contribution in [0.1, 0.15) is 53.4 Å². The third-order valence-electron chi connectivity index (χ3n) is 3.35. The van der Waals surface area contributed by atoms with Crippen molar-refractivity contribution in [3.05, 3.63) is 0 Å². The summed E-state index contributed by atoms with van der Waals surface area (Å²) in [4.78, 5) is 2.16. The molecule has 146 valence electrons. The van der Waals surface area contributed by atoms with Gasteiger partial charge in [-0.1, -0.05) is 34.1 Å². The lowest BCUT2D eigenvalue weighted by molar-refractivity contribution is 0.347. The second-order valence-corrected chi connectivity index (χ2v) is 7.11. The van der Waals surface area contributed by atoms with Crippen molar-refractivity contribution in [2.45, 2.75) is 53.4 Å². The van der Waals surface area contributed by atoms with Crippen LogP contribution in [0.25, 0.3) is 0 Å². The first kappa shape index (κ1) is 28.2. The molecule has 0 radical (unpaired) electrons. The monoisotopic (exact) mass is 363 g/mol. The zero-order valence-electron chi connectivity index (χ0n) is 16.8. The van der Waals surface area contributed by atoms with Gasteiger partial charge in [0.05, 0.1) is 6.26 Å². The molecule has 2 aliphatic rings. The minimum Gasteiger partial charge on any atom is -0.317 e. The van der Waals surface area contributed by atoms with E-state index >= 15 is 0 Å². The highest BCUT2D eigenvalue weighted by Crippen LogP contribution is 2.04. The van der Waals surface area contributed by atoms with Crippen LogP contribution in [0.3, 0.4) is 0 Å². The predicted molar refractivity (Wildman–Crippen MR) is 108 cm³/mol. The Bertz CT molecular complexity index is 341. The van der Waals surface area contributed by atoms with Gasteiger partial charge in [0, 0.05) is 19.6 Å². The van der Waals surface area contributed by atoms with Gasteiger partial charge in [0.1, 0.15) is 0 Å². The molecule has 0 aromatic carbocycles. The second-order valence-electron chi connectivity index (χ2n) is 5.13. The van der Waals surface area contributed by atoms with Crippen molar-refractivity contribution < 1.29 is 8.42 Å². The third-order valence-corrected chi connectivity index (χ3v) is 4.66. The lowest BCUT2D eigenvalue weighted by Crippen LogP contribution is -2.33. The Morgan fingerprint density at radius 3 is 1.62 bits per heavy atom. The van der Waals surface area contributed by atoms with Gasteiger partial charge in [-0.15, -0.1) is 12.8 Å². The van der Waals surface area contributed by atoms with Crippen molar-refractivity contribution in [2.24, 2.45) is 0 Å². The van der Waals surface area contributed by atoms with Gasteiger partial charge in [-0.2, -0.15) is 0 Å². The molecule has 24 heavy (non-hydrogen) atoms. The minimum absolute atomic E-state index is 0.634. The van der Waals surface area contributed by atoms with Crippen molar-refractivity contribution in [3.63, 3.8) is 0 Å². The fourth-order valence-corrected chi connectivity index (χ4v) is 3.03. The molecule has 0 aliphatic carbocycles. The molecule has 0 saturated carbocycles. The van der Waals surface area contributed by atoms with Gasteiger partial charge in [0.15, 0.2) is 0 Å². The summed E-state index contributed by atoms with van der Waals surface area (Å²) in [6.07, 6.45) is 14.4. The number of rotatable bonds is 1. The molecular formula is C18H41N3O2S. The van der Waals surface area contributed by atoms with Gasteiger partial charge < -0.3 is 10.2 Å². The summed E-state index contributed by atoms with van der Waals surface area (Å²) >= 11 is 0. The van der Waals surface area contributed by atoms with Gasteiger partial charge in [0.25, 0.3) is 0 Å². The molecule has 6 heteroatoms. The molecule has 1 N–H and O–H groups in total. The topological polar surface area (TPSA) is 52.6 Å². The van der Waals surface area contributed by atoms with Crippen molar-refractivity contribution in [2.75, 3.05) is 52.6 Å². The van der Waals surface area contributed by atoms with E-state index in [2.05, 4.69) is 23.1 Å². The van der Waals surface area contributed by atoms with Crippen LogP contribution in [-0.4, -0.2) is 70.2 Å². The Kier molecular flexibility index (Phi) is 24.0. The Morgan fingerprint density at radius 2 is 1.29 bits per heavy atom. The van der Waals surface area contributed by atoms with Crippen LogP contribution in [0, 0.1) is 12.8 Å². The zero-order valence-corrected chi connectivity index (χ0v) is 17.7. The molecule has 5 nitrogen and oxygen atoms in total. The first-order chi connectivity index (χ1) is 11.5. The lowest BCUT2D eigenvalue weighted by atomic mass is 10.2.